The van der Waals surface area contributed by atoms with E-state index in [1.54, 1.807) is 24.8 Å². The molecule has 0 saturated carbocycles. The van der Waals surface area contributed by atoms with Crippen molar-refractivity contribution >= 4 is 45.8 Å². The number of hydrogen-bond acceptors (Lipinski definition) is 7. The van der Waals surface area contributed by atoms with Crippen molar-refractivity contribution < 1.29 is 14.3 Å². The second-order valence-corrected chi connectivity index (χ2v) is 9.69. The number of nitrogens with zero attached hydrogens (tertiary/aromatic N) is 3. The predicted octanol–water partition coefficient (Wildman–Crippen LogP) is 2.76. The number of aromatic nitrogens is 1. The van der Waals surface area contributed by atoms with Crippen LogP contribution in [0.5, 0.6) is 0 Å². The van der Waals surface area contributed by atoms with Gasteiger partial charge in [-0.2, -0.15) is 0 Å². The van der Waals surface area contributed by atoms with E-state index in [0.29, 0.717) is 38.3 Å². The SMILES string of the molecule is C=CCN1C(=O)C(=c2sc3n(c2=O)[C@H](c2cccs2)C(C(=O)OCC)=C(C)N=3)c2ccccc21. The molecule has 2 aromatic heterocycles. The molecule has 0 saturated heterocycles. The number of rotatable bonds is 5. The van der Waals surface area contributed by atoms with Crippen molar-refractivity contribution in [2.45, 2.75) is 19.9 Å². The molecule has 2 aliphatic rings. The van der Waals surface area contributed by atoms with Crippen molar-refractivity contribution in [1.82, 2.24) is 4.57 Å². The zero-order valence-corrected chi connectivity index (χ0v) is 20.2. The Bertz CT molecular complexity index is 1540. The molecule has 0 fully saturated rings. The maximum absolute atomic E-state index is 13.9. The third-order valence-electron chi connectivity index (χ3n) is 5.77. The first-order chi connectivity index (χ1) is 16.5. The summed E-state index contributed by atoms with van der Waals surface area (Å²) in [6.45, 7) is 7.79. The zero-order valence-electron chi connectivity index (χ0n) is 18.6. The summed E-state index contributed by atoms with van der Waals surface area (Å²) in [6.07, 6.45) is 1.66. The largest absolute Gasteiger partial charge is 0.463 e. The summed E-state index contributed by atoms with van der Waals surface area (Å²) in [6, 6.07) is 10.5. The van der Waals surface area contributed by atoms with Crippen LogP contribution >= 0.6 is 22.7 Å². The lowest BCUT2D eigenvalue weighted by molar-refractivity contribution is -0.139. The van der Waals surface area contributed by atoms with Crippen molar-refractivity contribution in [2.24, 2.45) is 4.99 Å². The highest BCUT2D eigenvalue weighted by atomic mass is 32.1. The van der Waals surface area contributed by atoms with Crippen LogP contribution in [0.25, 0.3) is 5.57 Å². The van der Waals surface area contributed by atoms with Crippen LogP contribution in [0.15, 0.2) is 75.5 Å². The van der Waals surface area contributed by atoms with Crippen LogP contribution in [0.2, 0.25) is 0 Å². The van der Waals surface area contributed by atoms with Gasteiger partial charge >= 0.3 is 5.97 Å². The highest BCUT2D eigenvalue weighted by Crippen LogP contribution is 2.36. The quantitative estimate of drug-likeness (QED) is 0.406. The molecule has 1 aromatic carbocycles. The van der Waals surface area contributed by atoms with E-state index in [1.807, 2.05) is 41.8 Å². The monoisotopic (exact) mass is 491 g/mol. The van der Waals surface area contributed by atoms with Gasteiger partial charge in [-0.3, -0.25) is 14.2 Å². The molecule has 1 amide bonds. The van der Waals surface area contributed by atoms with Gasteiger partial charge in [0.1, 0.15) is 10.6 Å². The number of thiophene rings is 1. The molecule has 172 valence electrons. The summed E-state index contributed by atoms with van der Waals surface area (Å²) in [5.74, 6) is -0.750. The Morgan fingerprint density at radius 2 is 2.03 bits per heavy atom. The number of fused-ring (bicyclic) bond motifs is 2. The van der Waals surface area contributed by atoms with Crippen LogP contribution in [0, 0.1) is 0 Å². The lowest BCUT2D eigenvalue weighted by Gasteiger charge is -2.23. The standard InChI is InChI=1S/C25H21N3O4S2/c1-4-12-27-16-10-7-6-9-15(16)19(22(27)29)21-23(30)28-20(17-11-8-13-33-17)18(24(31)32-5-2)14(3)26-25(28)34-21/h4,6-11,13,20H,1,5,12H2,2-3H3/t20-/m1/s1. The molecule has 0 radical (unpaired) electrons. The third kappa shape index (κ3) is 3.31. The molecular formula is C25H21N3O4S2. The second kappa shape index (κ2) is 8.66. The van der Waals surface area contributed by atoms with Gasteiger partial charge in [-0.1, -0.05) is 41.7 Å². The highest BCUT2D eigenvalue weighted by molar-refractivity contribution is 7.10. The van der Waals surface area contributed by atoms with Gasteiger partial charge in [-0.15, -0.1) is 17.9 Å². The average Bonchev–Trinajstić information content (AvgIpc) is 3.52. The molecule has 4 heterocycles. The molecule has 5 rings (SSSR count). The zero-order chi connectivity index (χ0) is 24.0. The first kappa shape index (κ1) is 22.2. The molecule has 0 unspecified atom stereocenters. The minimum absolute atomic E-state index is 0.214. The van der Waals surface area contributed by atoms with Crippen molar-refractivity contribution in [3.8, 4) is 0 Å². The number of anilines is 1. The number of carbonyl (C=O) groups excluding carboxylic acids is 2. The topological polar surface area (TPSA) is 81.0 Å². The Morgan fingerprint density at radius 1 is 1.24 bits per heavy atom. The number of amides is 1. The molecule has 0 N–H and O–H groups in total. The van der Waals surface area contributed by atoms with E-state index in [4.69, 9.17) is 4.74 Å². The first-order valence-corrected chi connectivity index (χ1v) is 12.4. The van der Waals surface area contributed by atoms with Crippen molar-refractivity contribution in [2.75, 3.05) is 18.1 Å². The summed E-state index contributed by atoms with van der Waals surface area (Å²) in [5, 5.41) is 1.90. The normalized spacial score (nSPS) is 18.5. The van der Waals surface area contributed by atoms with Gasteiger partial charge < -0.3 is 9.64 Å². The van der Waals surface area contributed by atoms with Crippen molar-refractivity contribution in [3.05, 3.63) is 95.8 Å². The first-order valence-electron chi connectivity index (χ1n) is 10.8. The number of benzene rings is 1. The maximum Gasteiger partial charge on any atom is 0.338 e. The Hall–Kier alpha value is -3.56. The van der Waals surface area contributed by atoms with Crippen molar-refractivity contribution in [1.29, 1.82) is 0 Å². The minimum Gasteiger partial charge on any atom is -0.463 e. The molecule has 34 heavy (non-hydrogen) atoms. The molecule has 1 atom stereocenters. The number of ether oxygens (including phenoxy) is 1. The van der Waals surface area contributed by atoms with Crippen molar-refractivity contribution in [3.63, 3.8) is 0 Å². The van der Waals surface area contributed by atoms with Gasteiger partial charge in [0.05, 0.1) is 29.1 Å². The van der Waals surface area contributed by atoms with E-state index in [1.165, 1.54) is 27.2 Å². The molecular weight excluding hydrogens is 470 g/mol. The smallest absolute Gasteiger partial charge is 0.338 e. The van der Waals surface area contributed by atoms with E-state index >= 15 is 0 Å². The van der Waals surface area contributed by atoms with Crippen LogP contribution < -0.4 is 19.8 Å². The number of hydrogen-bond donors (Lipinski definition) is 0. The van der Waals surface area contributed by atoms with Crippen LogP contribution in [0.4, 0.5) is 5.69 Å². The summed E-state index contributed by atoms with van der Waals surface area (Å²) in [7, 11) is 0. The fourth-order valence-electron chi connectivity index (χ4n) is 4.37. The predicted molar refractivity (Wildman–Crippen MR) is 133 cm³/mol. The number of esters is 1. The number of para-hydroxylation sites is 1. The van der Waals surface area contributed by atoms with E-state index in [9.17, 15) is 14.4 Å². The minimum atomic E-state index is -0.666. The van der Waals surface area contributed by atoms with Gasteiger partial charge in [0.25, 0.3) is 11.5 Å². The Balaban J connectivity index is 1.81. The van der Waals surface area contributed by atoms with E-state index in [-0.39, 0.29) is 18.1 Å². The summed E-state index contributed by atoms with van der Waals surface area (Å²) >= 11 is 2.62. The Labute approximate surface area is 203 Å². The number of carbonyl (C=O) groups is 2. The van der Waals surface area contributed by atoms with Crippen LogP contribution in [0.3, 0.4) is 0 Å². The van der Waals surface area contributed by atoms with Gasteiger partial charge in [-0.25, -0.2) is 9.79 Å². The van der Waals surface area contributed by atoms with Gasteiger partial charge in [0.15, 0.2) is 4.80 Å². The molecule has 3 aromatic rings. The third-order valence-corrected chi connectivity index (χ3v) is 7.75. The average molecular weight is 492 g/mol. The highest BCUT2D eigenvalue weighted by Gasteiger charge is 2.37. The molecule has 7 nitrogen and oxygen atoms in total. The van der Waals surface area contributed by atoms with Crippen LogP contribution in [-0.4, -0.2) is 29.6 Å². The fraction of sp³-hybridized carbons (Fsp3) is 0.200. The maximum atomic E-state index is 13.9. The Morgan fingerprint density at radius 3 is 2.74 bits per heavy atom. The van der Waals surface area contributed by atoms with Gasteiger partial charge in [-0.05, 0) is 31.4 Å². The number of thiazole rings is 1. The van der Waals surface area contributed by atoms with E-state index < -0.39 is 12.0 Å². The Kier molecular flexibility index (Phi) is 5.66. The second-order valence-electron chi connectivity index (χ2n) is 7.73. The number of allylic oxidation sites excluding steroid dienone is 1. The van der Waals surface area contributed by atoms with Gasteiger partial charge in [0, 0.05) is 17.0 Å². The molecule has 0 aliphatic carbocycles. The summed E-state index contributed by atoms with van der Waals surface area (Å²) in [4.78, 5) is 47.7. The molecule has 0 bridgehead atoms. The van der Waals surface area contributed by atoms with Crippen LogP contribution in [0.1, 0.15) is 30.3 Å². The molecule has 2 aliphatic heterocycles. The molecule has 0 spiro atoms. The fourth-order valence-corrected chi connectivity index (χ4v) is 6.33. The summed E-state index contributed by atoms with van der Waals surface area (Å²) in [5.41, 5.74) is 2.28. The van der Waals surface area contributed by atoms with E-state index in [2.05, 4.69) is 11.6 Å². The van der Waals surface area contributed by atoms with Crippen LogP contribution in [-0.2, 0) is 14.3 Å². The van der Waals surface area contributed by atoms with E-state index in [0.717, 1.165) is 10.6 Å². The summed E-state index contributed by atoms with van der Waals surface area (Å²) < 4.78 is 7.13. The molecule has 9 heteroatoms. The van der Waals surface area contributed by atoms with Gasteiger partial charge in [0.2, 0.25) is 0 Å². The lowest BCUT2D eigenvalue weighted by atomic mass is 10.0. The lowest BCUT2D eigenvalue weighted by Crippen LogP contribution is -2.40.